The molecule has 0 aliphatic heterocycles. The number of nitrogens with one attached hydrogen (secondary N) is 1. The van der Waals surface area contributed by atoms with E-state index in [1.54, 1.807) is 0 Å². The molecule has 0 aromatic heterocycles. The van der Waals surface area contributed by atoms with Gasteiger partial charge in [0, 0.05) is 5.69 Å². The lowest BCUT2D eigenvalue weighted by Crippen LogP contribution is -2.16. The maximum absolute atomic E-state index is 13.3. The summed E-state index contributed by atoms with van der Waals surface area (Å²) in [6, 6.07) is 12.8. The van der Waals surface area contributed by atoms with Gasteiger partial charge in [0.1, 0.15) is 24.0 Å². The highest BCUT2D eigenvalue weighted by molar-refractivity contribution is 6.06. The largest absolute Gasteiger partial charge is 0.488 e. The van der Waals surface area contributed by atoms with Crippen LogP contribution in [-0.2, 0) is 12.8 Å². The number of hydrogen-bond acceptors (Lipinski definition) is 2. The third kappa shape index (κ3) is 5.31. The summed E-state index contributed by atoms with van der Waals surface area (Å²) >= 11 is 0. The minimum Gasteiger partial charge on any atom is -0.488 e. The average molecular weight is 407 g/mol. The highest BCUT2D eigenvalue weighted by atomic mass is 19.4. The minimum atomic E-state index is -4.66. The third-order valence-corrected chi connectivity index (χ3v) is 3.94. The van der Waals surface area contributed by atoms with Crippen molar-refractivity contribution in [1.82, 2.24) is 0 Å². The highest BCUT2D eigenvalue weighted by Crippen LogP contribution is 2.33. The zero-order chi connectivity index (χ0) is 21.0. The van der Waals surface area contributed by atoms with Crippen LogP contribution >= 0.6 is 0 Å². The molecule has 0 aliphatic rings. The van der Waals surface area contributed by atoms with Crippen LogP contribution in [0.3, 0.4) is 0 Å². The molecule has 3 aromatic carbocycles. The van der Waals surface area contributed by atoms with Crippen molar-refractivity contribution in [2.75, 3.05) is 5.32 Å². The van der Waals surface area contributed by atoms with Crippen LogP contribution in [0, 0.1) is 11.6 Å². The molecule has 0 radical (unpaired) electrons. The molecule has 150 valence electrons. The molecule has 0 unspecified atom stereocenters. The van der Waals surface area contributed by atoms with Gasteiger partial charge in [-0.3, -0.25) is 4.79 Å². The van der Waals surface area contributed by atoms with Crippen molar-refractivity contribution >= 4 is 11.6 Å². The smallest absolute Gasteiger partial charge is 0.416 e. The van der Waals surface area contributed by atoms with Crippen molar-refractivity contribution in [2.24, 2.45) is 0 Å². The Morgan fingerprint density at radius 1 is 0.897 bits per heavy atom. The van der Waals surface area contributed by atoms with Crippen LogP contribution in [0.15, 0.2) is 66.7 Å². The van der Waals surface area contributed by atoms with Gasteiger partial charge in [0.2, 0.25) is 0 Å². The van der Waals surface area contributed by atoms with Crippen LogP contribution < -0.4 is 10.1 Å². The van der Waals surface area contributed by atoms with Gasteiger partial charge >= 0.3 is 6.18 Å². The third-order valence-electron chi connectivity index (χ3n) is 3.94. The number of benzene rings is 3. The summed E-state index contributed by atoms with van der Waals surface area (Å²) in [7, 11) is 0. The minimum absolute atomic E-state index is 0.0805. The molecule has 0 saturated carbocycles. The van der Waals surface area contributed by atoms with Crippen LogP contribution in [0.1, 0.15) is 21.5 Å². The van der Waals surface area contributed by atoms with Gasteiger partial charge in [-0.25, -0.2) is 8.78 Å². The first-order valence-corrected chi connectivity index (χ1v) is 8.38. The Balaban J connectivity index is 1.88. The number of carbonyl (C=O) groups excluding carboxylic acids is 1. The lowest BCUT2D eigenvalue weighted by atomic mass is 10.1. The normalized spacial score (nSPS) is 11.2. The molecule has 0 spiro atoms. The quantitative estimate of drug-likeness (QED) is 0.542. The summed E-state index contributed by atoms with van der Waals surface area (Å²) < 4.78 is 71.0. The number of hydrogen-bond donors (Lipinski definition) is 1. The Morgan fingerprint density at radius 3 is 2.28 bits per heavy atom. The zero-order valence-electron chi connectivity index (χ0n) is 14.8. The van der Waals surface area contributed by atoms with E-state index in [9.17, 15) is 26.7 Å². The van der Waals surface area contributed by atoms with Crippen molar-refractivity contribution in [2.45, 2.75) is 12.8 Å². The van der Waals surface area contributed by atoms with Crippen molar-refractivity contribution in [3.63, 3.8) is 0 Å². The van der Waals surface area contributed by atoms with Gasteiger partial charge in [-0.2, -0.15) is 13.2 Å². The maximum atomic E-state index is 13.3. The number of ether oxygens (including phenoxy) is 1. The van der Waals surface area contributed by atoms with E-state index in [1.807, 2.05) is 0 Å². The van der Waals surface area contributed by atoms with Crippen LogP contribution in [0.4, 0.5) is 27.6 Å². The van der Waals surface area contributed by atoms with Gasteiger partial charge < -0.3 is 10.1 Å². The van der Waals surface area contributed by atoms with Crippen LogP contribution in [0.25, 0.3) is 0 Å². The van der Waals surface area contributed by atoms with Gasteiger partial charge in [-0.15, -0.1) is 0 Å². The molecule has 0 heterocycles. The lowest BCUT2D eigenvalue weighted by Gasteiger charge is -2.15. The molecule has 0 atom stereocenters. The monoisotopic (exact) mass is 407 g/mol. The topological polar surface area (TPSA) is 38.3 Å². The SMILES string of the molecule is O=C(Nc1cccc(F)c1)c1cc(C(F)(F)F)ccc1OCc1ccc(F)cc1. The van der Waals surface area contributed by atoms with E-state index in [1.165, 1.54) is 36.4 Å². The molecule has 0 aliphatic carbocycles. The first-order valence-electron chi connectivity index (χ1n) is 8.38. The van der Waals surface area contributed by atoms with Crippen molar-refractivity contribution in [3.05, 3.63) is 95.1 Å². The molecule has 3 aromatic rings. The Bertz CT molecular complexity index is 1020. The van der Waals surface area contributed by atoms with Crippen LogP contribution in [-0.4, -0.2) is 5.91 Å². The number of carbonyl (C=O) groups is 1. The number of anilines is 1. The summed E-state index contributed by atoms with van der Waals surface area (Å²) in [5.41, 5.74) is -0.762. The molecule has 0 fully saturated rings. The van der Waals surface area contributed by atoms with Gasteiger partial charge in [-0.1, -0.05) is 18.2 Å². The van der Waals surface area contributed by atoms with E-state index >= 15 is 0 Å². The average Bonchev–Trinajstić information content (AvgIpc) is 2.66. The van der Waals surface area contributed by atoms with Crippen LogP contribution in [0.2, 0.25) is 0 Å². The fourth-order valence-electron chi connectivity index (χ4n) is 2.52. The van der Waals surface area contributed by atoms with Gasteiger partial charge in [0.15, 0.2) is 0 Å². The Labute approximate surface area is 162 Å². The van der Waals surface area contributed by atoms with E-state index < -0.39 is 29.3 Å². The van der Waals surface area contributed by atoms with E-state index in [0.29, 0.717) is 11.6 Å². The summed E-state index contributed by atoms with van der Waals surface area (Å²) in [5, 5.41) is 2.35. The van der Waals surface area contributed by atoms with E-state index in [2.05, 4.69) is 5.32 Å². The molecule has 3 nitrogen and oxygen atoms in total. The lowest BCUT2D eigenvalue weighted by molar-refractivity contribution is -0.137. The van der Waals surface area contributed by atoms with Crippen molar-refractivity contribution in [1.29, 1.82) is 0 Å². The number of rotatable bonds is 5. The predicted octanol–water partition coefficient (Wildman–Crippen LogP) is 5.81. The molecule has 8 heteroatoms. The second kappa shape index (κ2) is 8.30. The first-order chi connectivity index (χ1) is 13.7. The Hall–Kier alpha value is -3.42. The van der Waals surface area contributed by atoms with Gasteiger partial charge in [0.05, 0.1) is 11.1 Å². The second-order valence-electron chi connectivity index (χ2n) is 6.09. The number of halogens is 5. The summed E-state index contributed by atoms with van der Waals surface area (Å²) in [6.07, 6.45) is -4.66. The van der Waals surface area contributed by atoms with Gasteiger partial charge in [0.25, 0.3) is 5.91 Å². The molecular formula is C21H14F5NO2. The molecule has 29 heavy (non-hydrogen) atoms. The fraction of sp³-hybridized carbons (Fsp3) is 0.0952. The Kier molecular flexibility index (Phi) is 5.81. The second-order valence-corrected chi connectivity index (χ2v) is 6.09. The summed E-state index contributed by atoms with van der Waals surface area (Å²) in [6.45, 7) is -0.0914. The van der Waals surface area contributed by atoms with Gasteiger partial charge in [-0.05, 0) is 54.1 Å². The molecule has 0 saturated heterocycles. The molecule has 3 rings (SSSR count). The maximum Gasteiger partial charge on any atom is 0.416 e. The van der Waals surface area contributed by atoms with Crippen molar-refractivity contribution < 1.29 is 31.5 Å². The molecule has 0 bridgehead atoms. The molecular weight excluding hydrogens is 393 g/mol. The van der Waals surface area contributed by atoms with Crippen LogP contribution in [0.5, 0.6) is 5.75 Å². The standard InChI is InChI=1S/C21H14F5NO2/c22-15-7-4-13(5-8-15)12-29-19-9-6-14(21(24,25)26)10-18(19)20(28)27-17-3-1-2-16(23)11-17/h1-11H,12H2,(H,27,28). The van der Waals surface area contributed by atoms with E-state index in [0.717, 1.165) is 24.3 Å². The molecule has 1 N–H and O–H groups in total. The zero-order valence-corrected chi connectivity index (χ0v) is 14.8. The Morgan fingerprint density at radius 2 is 1.62 bits per heavy atom. The summed E-state index contributed by atoms with van der Waals surface area (Å²) in [5.74, 6) is -2.05. The predicted molar refractivity (Wildman–Crippen MR) is 96.5 cm³/mol. The van der Waals surface area contributed by atoms with Crippen molar-refractivity contribution in [3.8, 4) is 5.75 Å². The van der Waals surface area contributed by atoms with E-state index in [-0.39, 0.29) is 23.6 Å². The molecule has 1 amide bonds. The summed E-state index contributed by atoms with van der Waals surface area (Å²) in [4.78, 5) is 12.6. The number of amides is 1. The first kappa shape index (κ1) is 20.3. The highest BCUT2D eigenvalue weighted by Gasteiger charge is 2.32. The fourth-order valence-corrected chi connectivity index (χ4v) is 2.52. The van der Waals surface area contributed by atoms with E-state index in [4.69, 9.17) is 4.74 Å². The number of alkyl halides is 3.